The van der Waals surface area contributed by atoms with Crippen molar-refractivity contribution in [2.75, 3.05) is 0 Å². The number of hydrogen-bond acceptors (Lipinski definition) is 2. The molecule has 0 bridgehead atoms. The fraction of sp³-hybridized carbons (Fsp3) is 0.714. The van der Waals surface area contributed by atoms with Crippen molar-refractivity contribution < 1.29 is 4.84 Å². The molecule has 0 radical (unpaired) electrons. The molecule has 3 rings (SSSR count). The molecule has 0 spiro atoms. The van der Waals surface area contributed by atoms with E-state index in [1.165, 1.54) is 18.4 Å². The van der Waals surface area contributed by atoms with Gasteiger partial charge in [0.2, 0.25) is 0 Å². The highest BCUT2D eigenvalue weighted by molar-refractivity contribution is 5.31. The highest BCUT2D eigenvalue weighted by atomic mass is 16.7. The molecule has 1 heterocycles. The van der Waals surface area contributed by atoms with Gasteiger partial charge in [0, 0.05) is 18.0 Å². The topological polar surface area (TPSA) is 12.5 Å². The number of aryl methyl sites for hydroxylation is 1. The van der Waals surface area contributed by atoms with Gasteiger partial charge >= 0.3 is 0 Å². The van der Waals surface area contributed by atoms with Crippen LogP contribution in [0.15, 0.2) is 24.3 Å². The summed E-state index contributed by atoms with van der Waals surface area (Å²) in [6.45, 7) is 13.8. The highest BCUT2D eigenvalue weighted by Gasteiger charge is 2.54. The number of rotatable bonds is 3. The Hall–Kier alpha value is -0.860. The minimum absolute atomic E-state index is 0.0526. The lowest BCUT2D eigenvalue weighted by molar-refractivity contribution is -0.215. The minimum atomic E-state index is -0.0526. The van der Waals surface area contributed by atoms with Crippen molar-refractivity contribution in [3.8, 4) is 0 Å². The summed E-state index contributed by atoms with van der Waals surface area (Å²) in [6.07, 6.45) is 3.66. The standard InChI is InChI=1S/C21H33NO/c1-7-16-10-8-9-11-18(16)17-12-15(4)20-19(13-17)21(5,6)23-22(20)14(2)3/h8-11,14-15,17,19-20H,7,12-13H2,1-6H3/t15-,17+,19+,20+/m0/s1. The van der Waals surface area contributed by atoms with Crippen molar-refractivity contribution in [2.24, 2.45) is 11.8 Å². The van der Waals surface area contributed by atoms with Crippen molar-refractivity contribution in [1.82, 2.24) is 5.06 Å². The van der Waals surface area contributed by atoms with Gasteiger partial charge in [-0.1, -0.05) is 38.1 Å². The number of benzene rings is 1. The summed E-state index contributed by atoms with van der Waals surface area (Å²) < 4.78 is 0. The monoisotopic (exact) mass is 315 g/mol. The van der Waals surface area contributed by atoms with E-state index in [-0.39, 0.29) is 5.60 Å². The second-order valence-electron chi connectivity index (χ2n) is 8.44. The van der Waals surface area contributed by atoms with Gasteiger partial charge < -0.3 is 0 Å². The average molecular weight is 316 g/mol. The molecule has 0 amide bonds. The fourth-order valence-electron chi connectivity index (χ4n) is 5.01. The highest BCUT2D eigenvalue weighted by Crippen LogP contribution is 2.51. The van der Waals surface area contributed by atoms with E-state index < -0.39 is 0 Å². The van der Waals surface area contributed by atoms with Gasteiger partial charge in [0.25, 0.3) is 0 Å². The lowest BCUT2D eigenvalue weighted by Gasteiger charge is -2.41. The Labute approximate surface area is 142 Å². The van der Waals surface area contributed by atoms with E-state index in [0.717, 1.165) is 6.42 Å². The molecule has 2 nitrogen and oxygen atoms in total. The van der Waals surface area contributed by atoms with Gasteiger partial charge in [0.15, 0.2) is 0 Å². The normalized spacial score (nSPS) is 33.9. The van der Waals surface area contributed by atoms with E-state index in [1.54, 1.807) is 5.56 Å². The third-order valence-electron chi connectivity index (χ3n) is 6.10. The molecule has 2 fully saturated rings. The van der Waals surface area contributed by atoms with Crippen LogP contribution in [0.3, 0.4) is 0 Å². The average Bonchev–Trinajstić information content (AvgIpc) is 2.79. The Morgan fingerprint density at radius 1 is 1.22 bits per heavy atom. The first-order valence-corrected chi connectivity index (χ1v) is 9.40. The molecule has 2 heteroatoms. The molecule has 4 atom stereocenters. The molecule has 1 saturated carbocycles. The zero-order valence-corrected chi connectivity index (χ0v) is 15.7. The minimum Gasteiger partial charge on any atom is -0.292 e. The number of fused-ring (bicyclic) bond motifs is 1. The quantitative estimate of drug-likeness (QED) is 0.762. The van der Waals surface area contributed by atoms with Crippen LogP contribution in [0.4, 0.5) is 0 Å². The van der Waals surface area contributed by atoms with Crippen LogP contribution in [0.2, 0.25) is 0 Å². The predicted molar refractivity (Wildman–Crippen MR) is 96.4 cm³/mol. The fourth-order valence-corrected chi connectivity index (χ4v) is 5.01. The summed E-state index contributed by atoms with van der Waals surface area (Å²) in [7, 11) is 0. The van der Waals surface area contributed by atoms with Gasteiger partial charge in [0.1, 0.15) is 0 Å². The van der Waals surface area contributed by atoms with Gasteiger partial charge in [-0.3, -0.25) is 4.84 Å². The second-order valence-corrected chi connectivity index (χ2v) is 8.44. The number of hydroxylamine groups is 2. The summed E-state index contributed by atoms with van der Waals surface area (Å²) >= 11 is 0. The van der Waals surface area contributed by atoms with Crippen molar-refractivity contribution in [1.29, 1.82) is 0 Å². The Bertz CT molecular complexity index is 551. The number of hydrogen-bond donors (Lipinski definition) is 0. The third kappa shape index (κ3) is 2.96. The summed E-state index contributed by atoms with van der Waals surface area (Å²) in [4.78, 5) is 6.40. The molecule has 23 heavy (non-hydrogen) atoms. The van der Waals surface area contributed by atoms with Gasteiger partial charge in [0.05, 0.1) is 5.60 Å². The smallest absolute Gasteiger partial charge is 0.0888 e. The van der Waals surface area contributed by atoms with Gasteiger partial charge in [-0.25, -0.2) is 0 Å². The zero-order valence-electron chi connectivity index (χ0n) is 15.7. The van der Waals surface area contributed by atoms with E-state index in [9.17, 15) is 0 Å². The molecule has 1 aliphatic carbocycles. The van der Waals surface area contributed by atoms with Crippen molar-refractivity contribution in [3.05, 3.63) is 35.4 Å². The Morgan fingerprint density at radius 3 is 2.57 bits per heavy atom. The van der Waals surface area contributed by atoms with E-state index in [1.807, 2.05) is 0 Å². The van der Waals surface area contributed by atoms with Crippen LogP contribution in [-0.2, 0) is 11.3 Å². The van der Waals surface area contributed by atoms with Crippen molar-refractivity contribution >= 4 is 0 Å². The first-order chi connectivity index (χ1) is 10.8. The Balaban J connectivity index is 1.91. The van der Waals surface area contributed by atoms with Crippen LogP contribution in [0, 0.1) is 11.8 Å². The molecule has 0 aromatic heterocycles. The lowest BCUT2D eigenvalue weighted by atomic mass is 9.65. The maximum atomic E-state index is 6.40. The third-order valence-corrected chi connectivity index (χ3v) is 6.10. The first-order valence-electron chi connectivity index (χ1n) is 9.40. The van der Waals surface area contributed by atoms with Gasteiger partial charge in [-0.15, -0.1) is 0 Å². The van der Waals surface area contributed by atoms with Crippen LogP contribution < -0.4 is 0 Å². The molecular formula is C21H33NO. The van der Waals surface area contributed by atoms with Crippen LogP contribution >= 0.6 is 0 Å². The SMILES string of the molecule is CCc1ccccc1[C@H]1C[C@@H]2[C@@H]([C@@H](C)C1)N(C(C)C)OC2(C)C. The van der Waals surface area contributed by atoms with Crippen LogP contribution in [0.5, 0.6) is 0 Å². The molecule has 1 aromatic carbocycles. The van der Waals surface area contributed by atoms with Gasteiger partial charge in [-0.05, 0) is 69.9 Å². The molecule has 1 saturated heterocycles. The lowest BCUT2D eigenvalue weighted by Crippen LogP contribution is -2.45. The molecule has 2 aliphatic rings. The van der Waals surface area contributed by atoms with E-state index in [0.29, 0.717) is 29.8 Å². The van der Waals surface area contributed by atoms with Crippen molar-refractivity contribution in [3.63, 3.8) is 0 Å². The summed E-state index contributed by atoms with van der Waals surface area (Å²) in [6, 6.07) is 10.1. The van der Waals surface area contributed by atoms with Gasteiger partial charge in [-0.2, -0.15) is 5.06 Å². The molecule has 128 valence electrons. The summed E-state index contributed by atoms with van der Waals surface area (Å²) in [5, 5.41) is 2.30. The van der Waals surface area contributed by atoms with E-state index >= 15 is 0 Å². The second kappa shape index (κ2) is 6.22. The maximum Gasteiger partial charge on any atom is 0.0888 e. The largest absolute Gasteiger partial charge is 0.292 e. The van der Waals surface area contributed by atoms with Crippen molar-refractivity contribution in [2.45, 2.75) is 84.4 Å². The maximum absolute atomic E-state index is 6.40. The molecule has 1 aromatic rings. The molecule has 0 unspecified atom stereocenters. The van der Waals surface area contributed by atoms with Crippen LogP contribution in [-0.4, -0.2) is 22.7 Å². The Morgan fingerprint density at radius 2 is 1.91 bits per heavy atom. The van der Waals surface area contributed by atoms with E-state index in [2.05, 4.69) is 70.9 Å². The molecule has 0 N–H and O–H groups in total. The predicted octanol–water partition coefficient (Wildman–Crippen LogP) is 5.18. The first kappa shape index (κ1) is 17.0. The summed E-state index contributed by atoms with van der Waals surface area (Å²) in [5.74, 6) is 1.97. The molecule has 1 aliphatic heterocycles. The van der Waals surface area contributed by atoms with Crippen LogP contribution in [0.1, 0.15) is 71.4 Å². The summed E-state index contributed by atoms with van der Waals surface area (Å²) in [5.41, 5.74) is 3.06. The Kier molecular flexibility index (Phi) is 4.59. The van der Waals surface area contributed by atoms with Crippen LogP contribution in [0.25, 0.3) is 0 Å². The molecular weight excluding hydrogens is 282 g/mol. The zero-order chi connectivity index (χ0) is 16.8. The van der Waals surface area contributed by atoms with E-state index in [4.69, 9.17) is 4.84 Å². The number of nitrogens with zero attached hydrogens (tertiary/aromatic N) is 1.